The smallest absolute Gasteiger partial charge is 0.284 e. The lowest BCUT2D eigenvalue weighted by Crippen LogP contribution is -2.20. The molecule has 2 aromatic rings. The van der Waals surface area contributed by atoms with Crippen molar-refractivity contribution in [3.05, 3.63) is 60.2 Å². The number of nitrogens with zero attached hydrogens (tertiary/aromatic N) is 2. The van der Waals surface area contributed by atoms with E-state index in [9.17, 15) is 13.2 Å². The van der Waals surface area contributed by atoms with Crippen molar-refractivity contribution >= 4 is 27.5 Å². The second-order valence-corrected chi connectivity index (χ2v) is 8.53. The van der Waals surface area contributed by atoms with Crippen molar-refractivity contribution in [1.82, 2.24) is 4.90 Å². The van der Waals surface area contributed by atoms with Gasteiger partial charge in [0.2, 0.25) is 5.91 Å². The Kier molecular flexibility index (Phi) is 6.46. The van der Waals surface area contributed by atoms with Gasteiger partial charge in [0.25, 0.3) is 10.0 Å². The molecule has 6 nitrogen and oxygen atoms in total. The molecule has 1 fully saturated rings. The van der Waals surface area contributed by atoms with Crippen LogP contribution in [0.1, 0.15) is 31.2 Å². The molecule has 1 N–H and O–H groups in total. The molecule has 0 aliphatic carbocycles. The average Bonchev–Trinajstić information content (AvgIpc) is 3.07. The van der Waals surface area contributed by atoms with E-state index in [0.29, 0.717) is 24.4 Å². The fourth-order valence-electron chi connectivity index (χ4n) is 3.16. The van der Waals surface area contributed by atoms with Crippen molar-refractivity contribution in [2.45, 2.75) is 37.0 Å². The van der Waals surface area contributed by atoms with Crippen LogP contribution in [0.3, 0.4) is 0 Å². The number of hydrogen-bond acceptors (Lipinski definition) is 3. The summed E-state index contributed by atoms with van der Waals surface area (Å²) in [5.41, 5.74) is 1.66. The number of amides is 1. The number of aryl methyl sites for hydroxylation is 1. The Morgan fingerprint density at radius 3 is 2.64 bits per heavy atom. The summed E-state index contributed by atoms with van der Waals surface area (Å²) < 4.78 is 29.1. The zero-order valence-electron chi connectivity index (χ0n) is 16.0. The van der Waals surface area contributed by atoms with Crippen LogP contribution in [-0.2, 0) is 21.2 Å². The lowest BCUT2D eigenvalue weighted by atomic mass is 10.1. The van der Waals surface area contributed by atoms with Crippen LogP contribution in [0, 0.1) is 0 Å². The van der Waals surface area contributed by atoms with Crippen LogP contribution in [0.4, 0.5) is 5.69 Å². The van der Waals surface area contributed by atoms with Gasteiger partial charge in [0.15, 0.2) is 0 Å². The summed E-state index contributed by atoms with van der Waals surface area (Å²) in [7, 11) is -1.95. The van der Waals surface area contributed by atoms with Crippen molar-refractivity contribution in [1.29, 1.82) is 0 Å². The van der Waals surface area contributed by atoms with Gasteiger partial charge in [0.1, 0.15) is 5.84 Å². The predicted octanol–water partition coefficient (Wildman–Crippen LogP) is 3.46. The van der Waals surface area contributed by atoms with E-state index in [1.165, 1.54) is 17.7 Å². The Labute approximate surface area is 166 Å². The van der Waals surface area contributed by atoms with Crippen LogP contribution in [0.5, 0.6) is 0 Å². The first-order valence-corrected chi connectivity index (χ1v) is 10.9. The monoisotopic (exact) mass is 399 g/mol. The topological polar surface area (TPSA) is 78.8 Å². The minimum atomic E-state index is -3.79. The molecule has 1 amide bonds. The Hall–Kier alpha value is -2.67. The fourth-order valence-corrected chi connectivity index (χ4v) is 4.30. The molecule has 0 spiro atoms. The largest absolute Gasteiger partial charge is 0.362 e. The Morgan fingerprint density at radius 1 is 1.14 bits per heavy atom. The maximum absolute atomic E-state index is 12.6. The van der Waals surface area contributed by atoms with E-state index < -0.39 is 10.0 Å². The van der Waals surface area contributed by atoms with Gasteiger partial charge in [0.05, 0.1) is 4.90 Å². The molecule has 0 saturated carbocycles. The third kappa shape index (κ3) is 5.42. The van der Waals surface area contributed by atoms with Gasteiger partial charge in [0, 0.05) is 32.1 Å². The summed E-state index contributed by atoms with van der Waals surface area (Å²) in [4.78, 5) is 14.1. The van der Waals surface area contributed by atoms with Gasteiger partial charge in [-0.1, -0.05) is 36.4 Å². The maximum Gasteiger partial charge on any atom is 0.284 e. The van der Waals surface area contributed by atoms with Crippen molar-refractivity contribution in [2.24, 2.45) is 4.40 Å². The SMILES string of the molecule is CN1CCCC1=NS(=O)(=O)c1cccc(NC(=O)CCCc2ccccc2)c1. The summed E-state index contributed by atoms with van der Waals surface area (Å²) >= 11 is 0. The van der Waals surface area contributed by atoms with Gasteiger partial charge in [-0.3, -0.25) is 4.79 Å². The highest BCUT2D eigenvalue weighted by atomic mass is 32.2. The summed E-state index contributed by atoms with van der Waals surface area (Å²) in [6.07, 6.45) is 3.50. The van der Waals surface area contributed by atoms with E-state index in [4.69, 9.17) is 0 Å². The normalized spacial score (nSPS) is 15.8. The van der Waals surface area contributed by atoms with E-state index in [0.717, 1.165) is 25.8 Å². The van der Waals surface area contributed by atoms with Gasteiger partial charge in [-0.2, -0.15) is 8.42 Å². The van der Waals surface area contributed by atoms with E-state index in [1.807, 2.05) is 42.3 Å². The van der Waals surface area contributed by atoms with Gasteiger partial charge >= 0.3 is 0 Å². The van der Waals surface area contributed by atoms with E-state index in [1.54, 1.807) is 12.1 Å². The molecule has 148 valence electrons. The molecule has 0 atom stereocenters. The Balaban J connectivity index is 1.60. The number of amidine groups is 1. The summed E-state index contributed by atoms with van der Waals surface area (Å²) in [5.74, 6) is 0.447. The predicted molar refractivity (Wildman–Crippen MR) is 111 cm³/mol. The fraction of sp³-hybridized carbons (Fsp3) is 0.333. The molecule has 0 radical (unpaired) electrons. The first-order chi connectivity index (χ1) is 13.4. The first-order valence-electron chi connectivity index (χ1n) is 9.43. The molecule has 1 heterocycles. The molecule has 0 bridgehead atoms. The number of anilines is 1. The van der Waals surface area contributed by atoms with Crippen LogP contribution < -0.4 is 5.32 Å². The molecule has 1 saturated heterocycles. The van der Waals surface area contributed by atoms with Gasteiger partial charge in [-0.25, -0.2) is 0 Å². The van der Waals surface area contributed by atoms with Crippen molar-refractivity contribution in [2.75, 3.05) is 18.9 Å². The third-order valence-corrected chi connectivity index (χ3v) is 5.99. The number of carbonyl (C=O) groups excluding carboxylic acids is 1. The summed E-state index contributed by atoms with van der Waals surface area (Å²) in [6.45, 7) is 0.813. The van der Waals surface area contributed by atoms with Gasteiger partial charge in [-0.15, -0.1) is 4.40 Å². The summed E-state index contributed by atoms with van der Waals surface area (Å²) in [6, 6.07) is 16.3. The quantitative estimate of drug-likeness (QED) is 0.773. The molecule has 0 aromatic heterocycles. The third-order valence-electron chi connectivity index (χ3n) is 4.69. The van der Waals surface area contributed by atoms with Crippen LogP contribution in [0.25, 0.3) is 0 Å². The number of carbonyl (C=O) groups is 1. The lowest BCUT2D eigenvalue weighted by Gasteiger charge is -2.11. The minimum Gasteiger partial charge on any atom is -0.362 e. The van der Waals surface area contributed by atoms with Crippen LogP contribution in [-0.4, -0.2) is 38.7 Å². The highest BCUT2D eigenvalue weighted by Gasteiger charge is 2.20. The maximum atomic E-state index is 12.6. The molecule has 1 aliphatic rings. The standard InChI is InChI=1S/C21H25N3O3S/c1-24-15-7-13-20(24)23-28(26,27)19-12-6-11-18(16-19)22-21(25)14-5-10-17-8-3-2-4-9-17/h2-4,6,8-9,11-12,16H,5,7,10,13-15H2,1H3,(H,22,25). The average molecular weight is 400 g/mol. The highest BCUT2D eigenvalue weighted by Crippen LogP contribution is 2.20. The van der Waals surface area contributed by atoms with E-state index >= 15 is 0 Å². The Morgan fingerprint density at radius 2 is 1.93 bits per heavy atom. The number of rotatable bonds is 7. The second kappa shape index (κ2) is 9.01. The molecule has 0 unspecified atom stereocenters. The number of benzene rings is 2. The molecule has 2 aromatic carbocycles. The lowest BCUT2D eigenvalue weighted by molar-refractivity contribution is -0.116. The van der Waals surface area contributed by atoms with Crippen molar-refractivity contribution in [3.63, 3.8) is 0 Å². The van der Waals surface area contributed by atoms with Gasteiger partial charge < -0.3 is 10.2 Å². The van der Waals surface area contributed by atoms with Crippen LogP contribution in [0.2, 0.25) is 0 Å². The second-order valence-electron chi connectivity index (χ2n) is 6.92. The molecular formula is C21H25N3O3S. The first kappa shape index (κ1) is 20.1. The van der Waals surface area contributed by atoms with Gasteiger partial charge in [-0.05, 0) is 43.0 Å². The van der Waals surface area contributed by atoms with Crippen LogP contribution in [0.15, 0.2) is 63.9 Å². The number of nitrogens with one attached hydrogen (secondary N) is 1. The molecule has 28 heavy (non-hydrogen) atoms. The number of hydrogen-bond donors (Lipinski definition) is 1. The van der Waals surface area contributed by atoms with E-state index in [-0.39, 0.29) is 10.8 Å². The molecular weight excluding hydrogens is 374 g/mol. The van der Waals surface area contributed by atoms with Crippen molar-refractivity contribution < 1.29 is 13.2 Å². The molecule has 7 heteroatoms. The summed E-state index contributed by atoms with van der Waals surface area (Å²) in [5, 5.41) is 2.78. The van der Waals surface area contributed by atoms with Crippen molar-refractivity contribution in [3.8, 4) is 0 Å². The zero-order valence-corrected chi connectivity index (χ0v) is 16.8. The zero-order chi connectivity index (χ0) is 20.0. The number of likely N-dealkylation sites (tertiary alicyclic amines) is 1. The Bertz CT molecular complexity index is 956. The molecule has 3 rings (SSSR count). The number of sulfonamides is 1. The van der Waals surface area contributed by atoms with Crippen LogP contribution >= 0.6 is 0 Å². The highest BCUT2D eigenvalue weighted by molar-refractivity contribution is 7.90. The molecule has 1 aliphatic heterocycles. The van der Waals surface area contributed by atoms with E-state index in [2.05, 4.69) is 9.71 Å². The minimum absolute atomic E-state index is 0.0855.